The summed E-state index contributed by atoms with van der Waals surface area (Å²) in [4.78, 5) is 26.4. The highest BCUT2D eigenvalue weighted by molar-refractivity contribution is 6.30. The zero-order valence-electron chi connectivity index (χ0n) is 15.2. The zero-order valence-corrected chi connectivity index (χ0v) is 15.9. The fraction of sp³-hybridized carbons (Fsp3) is 0.579. The van der Waals surface area contributed by atoms with Crippen LogP contribution in [0.5, 0.6) is 5.75 Å². The number of likely N-dealkylation sites (tertiary alicyclic amines) is 1. The first-order valence-corrected chi connectivity index (χ1v) is 9.10. The van der Waals surface area contributed by atoms with Gasteiger partial charge < -0.3 is 15.0 Å². The van der Waals surface area contributed by atoms with Crippen LogP contribution in [0, 0.1) is 11.3 Å². The minimum Gasteiger partial charge on any atom is -0.492 e. The van der Waals surface area contributed by atoms with E-state index in [1.54, 1.807) is 12.1 Å². The van der Waals surface area contributed by atoms with Gasteiger partial charge in [-0.15, -0.1) is 0 Å². The molecule has 25 heavy (non-hydrogen) atoms. The molecule has 1 aromatic carbocycles. The molecule has 0 aliphatic carbocycles. The molecular weight excluding hydrogens is 340 g/mol. The predicted molar refractivity (Wildman–Crippen MR) is 98.7 cm³/mol. The highest BCUT2D eigenvalue weighted by Crippen LogP contribution is 2.23. The Balaban J connectivity index is 1.68. The average molecular weight is 367 g/mol. The van der Waals surface area contributed by atoms with Crippen molar-refractivity contribution in [1.29, 1.82) is 0 Å². The lowest BCUT2D eigenvalue weighted by molar-refractivity contribution is -0.142. The average Bonchev–Trinajstić information content (AvgIpc) is 2.57. The molecule has 1 aliphatic rings. The minimum absolute atomic E-state index is 0.0322. The van der Waals surface area contributed by atoms with Crippen LogP contribution in [-0.4, -0.2) is 43.0 Å². The topological polar surface area (TPSA) is 58.6 Å². The Morgan fingerprint density at radius 2 is 1.96 bits per heavy atom. The monoisotopic (exact) mass is 366 g/mol. The van der Waals surface area contributed by atoms with Crippen molar-refractivity contribution < 1.29 is 14.3 Å². The fourth-order valence-electron chi connectivity index (χ4n) is 2.86. The molecule has 0 spiro atoms. The molecule has 1 aliphatic heterocycles. The van der Waals surface area contributed by atoms with Crippen LogP contribution in [0.1, 0.15) is 33.6 Å². The second-order valence-corrected chi connectivity index (χ2v) is 7.85. The Kier molecular flexibility index (Phi) is 6.71. The van der Waals surface area contributed by atoms with Crippen LogP contribution < -0.4 is 10.1 Å². The van der Waals surface area contributed by atoms with E-state index in [1.807, 2.05) is 37.8 Å². The number of piperidine rings is 1. The van der Waals surface area contributed by atoms with Gasteiger partial charge in [0, 0.05) is 29.4 Å². The van der Waals surface area contributed by atoms with Crippen molar-refractivity contribution in [2.45, 2.75) is 33.6 Å². The summed E-state index contributed by atoms with van der Waals surface area (Å²) in [5.41, 5.74) is -0.368. The number of benzene rings is 1. The maximum absolute atomic E-state index is 12.3. The third kappa shape index (κ3) is 5.92. The Hall–Kier alpha value is -1.75. The second kappa shape index (κ2) is 8.56. The maximum Gasteiger partial charge on any atom is 0.227 e. The molecule has 138 valence electrons. The molecule has 0 bridgehead atoms. The van der Waals surface area contributed by atoms with Gasteiger partial charge in [0.2, 0.25) is 11.8 Å². The highest BCUT2D eigenvalue weighted by atomic mass is 35.5. The van der Waals surface area contributed by atoms with Gasteiger partial charge in [-0.3, -0.25) is 9.59 Å². The summed E-state index contributed by atoms with van der Waals surface area (Å²) in [6.45, 7) is 7.91. The van der Waals surface area contributed by atoms with Crippen molar-refractivity contribution >= 4 is 23.4 Å². The molecular formula is C19H27ClN2O3. The fourth-order valence-corrected chi connectivity index (χ4v) is 3.04. The Labute approximate surface area is 154 Å². The second-order valence-electron chi connectivity index (χ2n) is 7.41. The minimum atomic E-state index is -0.368. The molecule has 0 saturated carbocycles. The molecule has 2 rings (SSSR count). The van der Waals surface area contributed by atoms with Gasteiger partial charge in [0.25, 0.3) is 0 Å². The normalized spacial score (nSPS) is 15.8. The molecule has 0 unspecified atom stereocenters. The number of nitrogens with zero attached hydrogens (tertiary/aromatic N) is 1. The van der Waals surface area contributed by atoms with Crippen LogP contribution in [0.15, 0.2) is 24.3 Å². The molecule has 0 radical (unpaired) electrons. The van der Waals surface area contributed by atoms with Crippen molar-refractivity contribution in [3.8, 4) is 5.75 Å². The number of nitrogens with one attached hydrogen (secondary N) is 1. The molecule has 0 aromatic heterocycles. The van der Waals surface area contributed by atoms with Crippen molar-refractivity contribution in [2.75, 3.05) is 26.2 Å². The predicted octanol–water partition coefficient (Wildman–Crippen LogP) is 3.12. The molecule has 2 amide bonds. The maximum atomic E-state index is 12.3. The van der Waals surface area contributed by atoms with Gasteiger partial charge in [0.1, 0.15) is 12.4 Å². The number of halogens is 1. The van der Waals surface area contributed by atoms with Gasteiger partial charge in [-0.25, -0.2) is 0 Å². The van der Waals surface area contributed by atoms with E-state index in [9.17, 15) is 9.59 Å². The number of ether oxygens (including phenoxy) is 1. The van der Waals surface area contributed by atoms with Gasteiger partial charge >= 0.3 is 0 Å². The van der Waals surface area contributed by atoms with Crippen LogP contribution in [0.3, 0.4) is 0 Å². The molecule has 1 aromatic rings. The first-order valence-electron chi connectivity index (χ1n) is 8.73. The molecule has 1 saturated heterocycles. The number of hydrogen-bond donors (Lipinski definition) is 1. The summed E-state index contributed by atoms with van der Waals surface area (Å²) >= 11 is 5.89. The lowest BCUT2D eigenvalue weighted by Gasteiger charge is -2.35. The Bertz CT molecular complexity index is 605. The quantitative estimate of drug-likeness (QED) is 0.814. The third-order valence-corrected chi connectivity index (χ3v) is 4.50. The summed E-state index contributed by atoms with van der Waals surface area (Å²) in [5, 5.41) is 3.53. The summed E-state index contributed by atoms with van der Waals surface area (Å²) < 4.78 is 5.56. The van der Waals surface area contributed by atoms with E-state index in [1.165, 1.54) is 0 Å². The number of hydrogen-bond acceptors (Lipinski definition) is 3. The molecule has 5 nitrogen and oxygen atoms in total. The first kappa shape index (κ1) is 19.6. The zero-order chi connectivity index (χ0) is 18.4. The van der Waals surface area contributed by atoms with Crippen LogP contribution in [-0.2, 0) is 9.59 Å². The van der Waals surface area contributed by atoms with Crippen molar-refractivity contribution in [1.82, 2.24) is 10.2 Å². The van der Waals surface area contributed by atoms with Crippen LogP contribution in [0.2, 0.25) is 5.02 Å². The van der Waals surface area contributed by atoms with Gasteiger partial charge in [0.05, 0.1) is 6.54 Å². The number of rotatable bonds is 5. The van der Waals surface area contributed by atoms with E-state index in [2.05, 4.69) is 5.32 Å². The number of carbonyl (C=O) groups is 2. The number of carbonyl (C=O) groups excluding carboxylic acids is 2. The molecule has 6 heteroatoms. The summed E-state index contributed by atoms with van der Waals surface area (Å²) in [7, 11) is 0. The molecule has 0 atom stereocenters. The molecule has 1 heterocycles. The Morgan fingerprint density at radius 3 is 2.56 bits per heavy atom. The van der Waals surface area contributed by atoms with Gasteiger partial charge in [-0.1, -0.05) is 38.4 Å². The van der Waals surface area contributed by atoms with Crippen LogP contribution in [0.25, 0.3) is 0 Å². The largest absolute Gasteiger partial charge is 0.492 e. The van der Waals surface area contributed by atoms with E-state index < -0.39 is 0 Å². The van der Waals surface area contributed by atoms with Gasteiger partial charge in [-0.05, 0) is 31.0 Å². The highest BCUT2D eigenvalue weighted by Gasteiger charge is 2.32. The van der Waals surface area contributed by atoms with E-state index in [4.69, 9.17) is 16.3 Å². The van der Waals surface area contributed by atoms with Crippen LogP contribution in [0.4, 0.5) is 0 Å². The van der Waals surface area contributed by atoms with Crippen molar-refractivity contribution in [3.05, 3.63) is 29.3 Å². The smallest absolute Gasteiger partial charge is 0.227 e. The van der Waals surface area contributed by atoms with E-state index in [-0.39, 0.29) is 23.1 Å². The van der Waals surface area contributed by atoms with E-state index in [0.29, 0.717) is 49.9 Å². The van der Waals surface area contributed by atoms with Crippen molar-refractivity contribution in [3.63, 3.8) is 0 Å². The SMILES string of the molecule is CC(C)(C)C(=O)N1CCC(C(=O)NCCOc2cccc(Cl)c2)CC1. The summed E-state index contributed by atoms with van der Waals surface area (Å²) in [5.74, 6) is 0.852. The standard InChI is InChI=1S/C19H27ClN2O3/c1-19(2,3)18(24)22-10-7-14(8-11-22)17(23)21-9-12-25-16-6-4-5-15(20)13-16/h4-6,13-14H,7-12H2,1-3H3,(H,21,23). The van der Waals surface area contributed by atoms with Crippen LogP contribution >= 0.6 is 11.6 Å². The molecule has 1 fully saturated rings. The van der Waals surface area contributed by atoms with Gasteiger partial charge in [0.15, 0.2) is 0 Å². The van der Waals surface area contributed by atoms with E-state index in [0.717, 1.165) is 0 Å². The van der Waals surface area contributed by atoms with E-state index >= 15 is 0 Å². The van der Waals surface area contributed by atoms with Gasteiger partial charge in [-0.2, -0.15) is 0 Å². The number of amides is 2. The van der Waals surface area contributed by atoms with Crippen molar-refractivity contribution in [2.24, 2.45) is 11.3 Å². The Morgan fingerprint density at radius 1 is 1.28 bits per heavy atom. The lowest BCUT2D eigenvalue weighted by Crippen LogP contribution is -2.47. The third-order valence-electron chi connectivity index (χ3n) is 4.26. The first-order chi connectivity index (χ1) is 11.8. The summed E-state index contributed by atoms with van der Waals surface area (Å²) in [6.07, 6.45) is 1.42. The molecule has 1 N–H and O–H groups in total. The summed E-state index contributed by atoms with van der Waals surface area (Å²) in [6, 6.07) is 7.18. The lowest BCUT2D eigenvalue weighted by atomic mass is 9.91.